The summed E-state index contributed by atoms with van der Waals surface area (Å²) >= 11 is 0. The summed E-state index contributed by atoms with van der Waals surface area (Å²) < 4.78 is 5.48. The van der Waals surface area contributed by atoms with Crippen molar-refractivity contribution in [3.05, 3.63) is 60.4 Å². The lowest BCUT2D eigenvalue weighted by Crippen LogP contribution is -1.81. The molecule has 0 aliphatic carbocycles. The van der Waals surface area contributed by atoms with Crippen LogP contribution in [0.15, 0.2) is 59.2 Å². The molecule has 1 aromatic heterocycles. The summed E-state index contributed by atoms with van der Waals surface area (Å²) in [6.45, 7) is 1.86. The minimum Gasteiger partial charge on any atom is -0.508 e. The van der Waals surface area contributed by atoms with E-state index in [0.717, 1.165) is 16.7 Å². The van der Waals surface area contributed by atoms with Crippen LogP contribution >= 0.6 is 0 Å². The Labute approximate surface area is 111 Å². The summed E-state index contributed by atoms with van der Waals surface area (Å²) in [4.78, 5) is 4.44. The first-order valence-electron chi connectivity index (χ1n) is 6.05. The maximum absolute atomic E-state index is 9.73. The van der Waals surface area contributed by atoms with Crippen molar-refractivity contribution >= 4 is 0 Å². The number of aryl methyl sites for hydroxylation is 1. The van der Waals surface area contributed by atoms with Crippen LogP contribution in [-0.4, -0.2) is 10.1 Å². The second kappa shape index (κ2) is 4.61. The molecular formula is C16H13NO2. The van der Waals surface area contributed by atoms with E-state index in [1.807, 2.05) is 49.4 Å². The van der Waals surface area contributed by atoms with Crippen molar-refractivity contribution in [1.82, 2.24) is 4.98 Å². The third kappa shape index (κ3) is 2.22. The average Bonchev–Trinajstić information content (AvgIpc) is 2.93. The largest absolute Gasteiger partial charge is 0.508 e. The summed E-state index contributed by atoms with van der Waals surface area (Å²) in [6, 6.07) is 15.2. The Hall–Kier alpha value is -2.55. The first-order chi connectivity index (χ1) is 9.24. The molecule has 0 bridgehead atoms. The lowest BCUT2D eigenvalue weighted by atomic mass is 10.1. The predicted molar refractivity (Wildman–Crippen MR) is 73.8 cm³/mol. The van der Waals surface area contributed by atoms with E-state index in [0.29, 0.717) is 11.6 Å². The van der Waals surface area contributed by atoms with Gasteiger partial charge < -0.3 is 9.52 Å². The molecule has 3 nitrogen and oxygen atoms in total. The van der Waals surface area contributed by atoms with E-state index in [4.69, 9.17) is 4.42 Å². The molecule has 0 atom stereocenters. The number of phenolic OH excluding ortho intramolecular Hbond substituents is 1. The molecule has 19 heavy (non-hydrogen) atoms. The number of hydrogen-bond acceptors (Lipinski definition) is 3. The van der Waals surface area contributed by atoms with Crippen LogP contribution in [0.1, 0.15) is 5.56 Å². The molecule has 2 aromatic carbocycles. The molecule has 3 rings (SSSR count). The van der Waals surface area contributed by atoms with Gasteiger partial charge in [-0.3, -0.25) is 0 Å². The molecule has 0 saturated carbocycles. The number of rotatable bonds is 2. The zero-order chi connectivity index (χ0) is 13.2. The highest BCUT2D eigenvalue weighted by Crippen LogP contribution is 2.28. The van der Waals surface area contributed by atoms with Crippen LogP contribution in [0.5, 0.6) is 5.75 Å². The van der Waals surface area contributed by atoms with Gasteiger partial charge in [-0.2, -0.15) is 0 Å². The number of nitrogens with zero attached hydrogens (tertiary/aromatic N) is 1. The second-order valence-electron chi connectivity index (χ2n) is 4.41. The lowest BCUT2D eigenvalue weighted by Gasteiger charge is -2.00. The van der Waals surface area contributed by atoms with Crippen molar-refractivity contribution in [2.24, 2.45) is 0 Å². The minimum absolute atomic E-state index is 0.266. The Morgan fingerprint density at radius 1 is 1.00 bits per heavy atom. The highest BCUT2D eigenvalue weighted by molar-refractivity contribution is 5.64. The molecule has 0 radical (unpaired) electrons. The fraction of sp³-hybridized carbons (Fsp3) is 0.0625. The smallest absolute Gasteiger partial charge is 0.226 e. The molecule has 1 N–H and O–H groups in total. The van der Waals surface area contributed by atoms with Crippen molar-refractivity contribution in [1.29, 1.82) is 0 Å². The van der Waals surface area contributed by atoms with E-state index < -0.39 is 0 Å². The topological polar surface area (TPSA) is 46.3 Å². The molecule has 0 amide bonds. The van der Waals surface area contributed by atoms with E-state index in [-0.39, 0.29) is 5.75 Å². The van der Waals surface area contributed by atoms with Crippen molar-refractivity contribution in [2.45, 2.75) is 6.92 Å². The van der Waals surface area contributed by atoms with Crippen molar-refractivity contribution in [3.8, 4) is 28.5 Å². The number of benzene rings is 2. The number of aromatic nitrogens is 1. The Kier molecular flexibility index (Phi) is 2.80. The molecule has 0 aliphatic rings. The zero-order valence-corrected chi connectivity index (χ0v) is 10.5. The van der Waals surface area contributed by atoms with Gasteiger partial charge in [0.25, 0.3) is 0 Å². The molecule has 0 fully saturated rings. The summed E-state index contributed by atoms with van der Waals surface area (Å²) in [5, 5.41) is 9.73. The van der Waals surface area contributed by atoms with Gasteiger partial charge in [0.1, 0.15) is 17.7 Å². The quantitative estimate of drug-likeness (QED) is 0.748. The number of phenols is 1. The molecule has 3 aromatic rings. The minimum atomic E-state index is 0.266. The third-order valence-electron chi connectivity index (χ3n) is 3.03. The van der Waals surface area contributed by atoms with Crippen molar-refractivity contribution < 1.29 is 9.52 Å². The van der Waals surface area contributed by atoms with Crippen LogP contribution < -0.4 is 0 Å². The zero-order valence-electron chi connectivity index (χ0n) is 10.5. The van der Waals surface area contributed by atoms with Gasteiger partial charge in [-0.1, -0.05) is 30.3 Å². The Morgan fingerprint density at radius 2 is 1.79 bits per heavy atom. The van der Waals surface area contributed by atoms with Gasteiger partial charge in [0.2, 0.25) is 5.89 Å². The molecule has 0 aliphatic heterocycles. The van der Waals surface area contributed by atoms with Crippen LogP contribution in [0.3, 0.4) is 0 Å². The van der Waals surface area contributed by atoms with E-state index in [2.05, 4.69) is 4.98 Å². The second-order valence-corrected chi connectivity index (χ2v) is 4.41. The van der Waals surface area contributed by atoms with E-state index in [9.17, 15) is 5.11 Å². The van der Waals surface area contributed by atoms with Gasteiger partial charge in [-0.05, 0) is 30.7 Å². The summed E-state index contributed by atoms with van der Waals surface area (Å²) in [5.41, 5.74) is 3.34. The van der Waals surface area contributed by atoms with Crippen molar-refractivity contribution in [2.75, 3.05) is 0 Å². The molecule has 1 heterocycles. The number of hydrogen-bond donors (Lipinski definition) is 1. The summed E-state index contributed by atoms with van der Waals surface area (Å²) in [6.07, 6.45) is 1.60. The number of aromatic hydroxyl groups is 1. The van der Waals surface area contributed by atoms with Crippen LogP contribution in [0, 0.1) is 6.92 Å². The molecule has 94 valence electrons. The van der Waals surface area contributed by atoms with E-state index in [1.165, 1.54) is 0 Å². The van der Waals surface area contributed by atoms with Gasteiger partial charge in [-0.25, -0.2) is 4.98 Å². The SMILES string of the molecule is Cc1ccc(-c2coc(-c3ccccc3)n2)cc1O. The monoisotopic (exact) mass is 251 g/mol. The predicted octanol–water partition coefficient (Wildman–Crippen LogP) is 4.02. The normalized spacial score (nSPS) is 10.6. The van der Waals surface area contributed by atoms with Crippen molar-refractivity contribution in [3.63, 3.8) is 0 Å². The van der Waals surface area contributed by atoms with Gasteiger partial charge in [0.15, 0.2) is 0 Å². The van der Waals surface area contributed by atoms with Crippen LogP contribution in [0.4, 0.5) is 0 Å². The molecular weight excluding hydrogens is 238 g/mol. The maximum atomic E-state index is 9.73. The number of oxazole rings is 1. The summed E-state index contributed by atoms with van der Waals surface area (Å²) in [7, 11) is 0. The molecule has 3 heteroatoms. The van der Waals surface area contributed by atoms with Gasteiger partial charge in [-0.15, -0.1) is 0 Å². The fourth-order valence-corrected chi connectivity index (χ4v) is 1.89. The first kappa shape index (κ1) is 11.5. The third-order valence-corrected chi connectivity index (χ3v) is 3.03. The average molecular weight is 251 g/mol. The maximum Gasteiger partial charge on any atom is 0.226 e. The van der Waals surface area contributed by atoms with Crippen LogP contribution in [0.2, 0.25) is 0 Å². The van der Waals surface area contributed by atoms with Gasteiger partial charge in [0.05, 0.1) is 0 Å². The first-order valence-corrected chi connectivity index (χ1v) is 6.05. The molecule has 0 unspecified atom stereocenters. The Morgan fingerprint density at radius 3 is 2.53 bits per heavy atom. The molecule has 0 saturated heterocycles. The highest BCUT2D eigenvalue weighted by atomic mass is 16.3. The fourth-order valence-electron chi connectivity index (χ4n) is 1.89. The highest BCUT2D eigenvalue weighted by Gasteiger charge is 2.09. The Bertz CT molecular complexity index is 702. The van der Waals surface area contributed by atoms with Gasteiger partial charge >= 0.3 is 0 Å². The Balaban J connectivity index is 1.99. The standard InChI is InChI=1S/C16H13NO2/c1-11-7-8-13(9-15(11)18)14-10-19-16(17-14)12-5-3-2-4-6-12/h2-10,18H,1H3. The van der Waals surface area contributed by atoms with Crippen LogP contribution in [-0.2, 0) is 0 Å². The molecule has 0 spiro atoms. The van der Waals surface area contributed by atoms with E-state index in [1.54, 1.807) is 12.3 Å². The van der Waals surface area contributed by atoms with Gasteiger partial charge in [0, 0.05) is 11.1 Å². The van der Waals surface area contributed by atoms with Crippen LogP contribution in [0.25, 0.3) is 22.7 Å². The van der Waals surface area contributed by atoms with E-state index >= 15 is 0 Å². The summed E-state index contributed by atoms with van der Waals surface area (Å²) in [5.74, 6) is 0.845. The lowest BCUT2D eigenvalue weighted by molar-refractivity contribution is 0.471.